The summed E-state index contributed by atoms with van der Waals surface area (Å²) in [5, 5.41) is 2.89. The number of rotatable bonds is 3. The van der Waals surface area contributed by atoms with Crippen molar-refractivity contribution in [3.8, 4) is 0 Å². The summed E-state index contributed by atoms with van der Waals surface area (Å²) in [6, 6.07) is 8.24. The molecular weight excluding hydrogens is 260 g/mol. The molecule has 0 saturated carbocycles. The third-order valence-corrected chi connectivity index (χ3v) is 6.01. The molecule has 1 aliphatic heterocycles. The van der Waals surface area contributed by atoms with Crippen molar-refractivity contribution < 1.29 is 8.42 Å². The molecule has 19 heavy (non-hydrogen) atoms. The molecule has 1 fully saturated rings. The second-order valence-electron chi connectivity index (χ2n) is 5.51. The molecule has 0 bridgehead atoms. The fourth-order valence-electron chi connectivity index (χ4n) is 3.06. The zero-order valence-corrected chi connectivity index (χ0v) is 11.7. The molecule has 0 aromatic heterocycles. The van der Waals surface area contributed by atoms with E-state index < -0.39 is 10.0 Å². The zero-order valence-electron chi connectivity index (χ0n) is 10.9. The maximum absolute atomic E-state index is 12.3. The van der Waals surface area contributed by atoms with E-state index in [0.717, 1.165) is 32.2 Å². The molecule has 1 heterocycles. The largest absolute Gasteiger partial charge is 0.315 e. The van der Waals surface area contributed by atoms with Gasteiger partial charge < -0.3 is 5.32 Å². The Balaban J connectivity index is 1.66. The molecule has 3 rings (SSSR count). The van der Waals surface area contributed by atoms with Gasteiger partial charge in [0, 0.05) is 12.6 Å². The fourth-order valence-corrected chi connectivity index (χ4v) is 4.69. The summed E-state index contributed by atoms with van der Waals surface area (Å²) in [7, 11) is -3.20. The number of benzene rings is 1. The molecule has 0 spiro atoms. The van der Waals surface area contributed by atoms with E-state index in [0.29, 0.717) is 6.54 Å². The molecule has 0 radical (unpaired) electrons. The summed E-state index contributed by atoms with van der Waals surface area (Å²) in [4.78, 5) is 0. The highest BCUT2D eigenvalue weighted by Gasteiger charge is 2.31. The van der Waals surface area contributed by atoms with Crippen LogP contribution in [0.4, 0.5) is 0 Å². The molecule has 104 valence electrons. The Morgan fingerprint density at radius 2 is 1.84 bits per heavy atom. The van der Waals surface area contributed by atoms with Crippen molar-refractivity contribution in [2.24, 2.45) is 0 Å². The van der Waals surface area contributed by atoms with Crippen molar-refractivity contribution in [3.63, 3.8) is 0 Å². The lowest BCUT2D eigenvalue weighted by molar-refractivity contribution is 0.482. The van der Waals surface area contributed by atoms with E-state index in [2.05, 4.69) is 22.2 Å². The Morgan fingerprint density at radius 3 is 2.42 bits per heavy atom. The number of nitrogens with one attached hydrogen (secondary N) is 2. The second kappa shape index (κ2) is 5.23. The highest BCUT2D eigenvalue weighted by atomic mass is 32.2. The summed E-state index contributed by atoms with van der Waals surface area (Å²) in [6.07, 6.45) is 3.34. The van der Waals surface area contributed by atoms with Gasteiger partial charge in [-0.15, -0.1) is 0 Å². The third kappa shape index (κ3) is 2.83. The minimum Gasteiger partial charge on any atom is -0.315 e. The van der Waals surface area contributed by atoms with Gasteiger partial charge in [-0.25, -0.2) is 13.1 Å². The predicted molar refractivity (Wildman–Crippen MR) is 75.6 cm³/mol. The van der Waals surface area contributed by atoms with Gasteiger partial charge in [0.2, 0.25) is 10.0 Å². The number of hydrogen-bond acceptors (Lipinski definition) is 3. The van der Waals surface area contributed by atoms with Gasteiger partial charge in [-0.2, -0.15) is 0 Å². The third-order valence-electron chi connectivity index (χ3n) is 4.07. The van der Waals surface area contributed by atoms with Crippen molar-refractivity contribution in [2.45, 2.75) is 37.0 Å². The summed E-state index contributed by atoms with van der Waals surface area (Å²) in [5.41, 5.74) is 2.55. The van der Waals surface area contributed by atoms with Crippen LogP contribution in [-0.4, -0.2) is 32.8 Å². The lowest BCUT2D eigenvalue weighted by Crippen LogP contribution is -2.47. The monoisotopic (exact) mass is 280 g/mol. The first-order valence-electron chi connectivity index (χ1n) is 6.94. The van der Waals surface area contributed by atoms with Crippen molar-refractivity contribution >= 4 is 10.0 Å². The van der Waals surface area contributed by atoms with Gasteiger partial charge in [0.15, 0.2) is 0 Å². The minimum atomic E-state index is -3.20. The van der Waals surface area contributed by atoms with Crippen molar-refractivity contribution in [1.82, 2.24) is 10.0 Å². The Hall–Kier alpha value is -0.910. The van der Waals surface area contributed by atoms with Gasteiger partial charge in [-0.1, -0.05) is 24.3 Å². The summed E-state index contributed by atoms with van der Waals surface area (Å²) >= 11 is 0. The molecule has 2 aliphatic rings. The molecule has 1 atom stereocenters. The Morgan fingerprint density at radius 1 is 1.16 bits per heavy atom. The van der Waals surface area contributed by atoms with Crippen LogP contribution in [-0.2, 0) is 22.9 Å². The van der Waals surface area contributed by atoms with Crippen LogP contribution in [0.2, 0.25) is 0 Å². The minimum absolute atomic E-state index is 0.0318. The van der Waals surface area contributed by atoms with Gasteiger partial charge in [0.25, 0.3) is 0 Å². The summed E-state index contributed by atoms with van der Waals surface area (Å²) in [6.45, 7) is 1.51. The van der Waals surface area contributed by atoms with Crippen LogP contribution >= 0.6 is 0 Å². The van der Waals surface area contributed by atoms with Crippen molar-refractivity contribution in [3.05, 3.63) is 35.4 Å². The van der Waals surface area contributed by atoms with Crippen LogP contribution in [0.25, 0.3) is 0 Å². The van der Waals surface area contributed by atoms with Crippen molar-refractivity contribution in [1.29, 1.82) is 0 Å². The molecule has 2 N–H and O–H groups in total. The highest BCUT2D eigenvalue weighted by Crippen LogP contribution is 2.23. The maximum Gasteiger partial charge on any atom is 0.216 e. The average Bonchev–Trinajstić information content (AvgIpc) is 2.81. The molecule has 1 unspecified atom stereocenters. The first-order chi connectivity index (χ1) is 9.15. The number of hydrogen-bond donors (Lipinski definition) is 2. The second-order valence-corrected chi connectivity index (χ2v) is 7.50. The van der Waals surface area contributed by atoms with Crippen LogP contribution in [0.5, 0.6) is 0 Å². The smallest absolute Gasteiger partial charge is 0.216 e. The average molecular weight is 280 g/mol. The van der Waals surface area contributed by atoms with Crippen LogP contribution < -0.4 is 10.0 Å². The maximum atomic E-state index is 12.3. The van der Waals surface area contributed by atoms with Gasteiger partial charge in [0.05, 0.1) is 5.25 Å². The Kier molecular flexibility index (Phi) is 3.60. The van der Waals surface area contributed by atoms with Crippen LogP contribution in [0.3, 0.4) is 0 Å². The van der Waals surface area contributed by atoms with Gasteiger partial charge in [-0.05, 0) is 43.4 Å². The normalized spacial score (nSPS) is 24.3. The summed E-state index contributed by atoms with van der Waals surface area (Å²) in [5.74, 6) is 0. The number of sulfonamides is 1. The quantitative estimate of drug-likeness (QED) is 0.862. The highest BCUT2D eigenvalue weighted by molar-refractivity contribution is 7.90. The van der Waals surface area contributed by atoms with E-state index in [1.54, 1.807) is 0 Å². The molecule has 4 nitrogen and oxygen atoms in total. The van der Waals surface area contributed by atoms with E-state index in [1.807, 2.05) is 12.1 Å². The zero-order chi connectivity index (χ0) is 13.3. The predicted octanol–water partition coefficient (Wildman–Crippen LogP) is 0.825. The Labute approximate surface area is 114 Å². The molecule has 1 aliphatic carbocycles. The van der Waals surface area contributed by atoms with Gasteiger partial charge in [-0.3, -0.25) is 0 Å². The number of piperidine rings is 1. The van der Waals surface area contributed by atoms with E-state index in [-0.39, 0.29) is 11.3 Å². The fraction of sp³-hybridized carbons (Fsp3) is 0.571. The lowest BCUT2D eigenvalue weighted by atomic mass is 10.1. The first-order valence-corrected chi connectivity index (χ1v) is 8.48. The van der Waals surface area contributed by atoms with Crippen LogP contribution in [0.1, 0.15) is 24.0 Å². The van der Waals surface area contributed by atoms with E-state index in [1.165, 1.54) is 11.1 Å². The topological polar surface area (TPSA) is 58.2 Å². The van der Waals surface area contributed by atoms with Gasteiger partial charge >= 0.3 is 0 Å². The first kappa shape index (κ1) is 13.1. The van der Waals surface area contributed by atoms with E-state index in [4.69, 9.17) is 0 Å². The molecule has 1 aromatic carbocycles. The Bertz CT molecular complexity index is 525. The SMILES string of the molecule is O=S(=O)(NC1Cc2ccccc2C1)C1CCCNC1. The van der Waals surface area contributed by atoms with Crippen LogP contribution in [0, 0.1) is 0 Å². The standard InChI is InChI=1S/C14H20N2O2S/c17-19(18,14-6-3-7-15-10-14)16-13-8-11-4-1-2-5-12(11)9-13/h1-2,4-5,13-16H,3,6-10H2. The number of fused-ring (bicyclic) bond motifs is 1. The molecule has 1 saturated heterocycles. The summed E-state index contributed by atoms with van der Waals surface area (Å²) < 4.78 is 27.6. The molecular formula is C14H20N2O2S. The van der Waals surface area contributed by atoms with Gasteiger partial charge in [0.1, 0.15) is 0 Å². The van der Waals surface area contributed by atoms with Crippen LogP contribution in [0.15, 0.2) is 24.3 Å². The van der Waals surface area contributed by atoms with E-state index >= 15 is 0 Å². The molecule has 5 heteroatoms. The lowest BCUT2D eigenvalue weighted by Gasteiger charge is -2.24. The molecule has 0 amide bonds. The van der Waals surface area contributed by atoms with E-state index in [9.17, 15) is 8.42 Å². The molecule has 1 aromatic rings. The van der Waals surface area contributed by atoms with Crippen molar-refractivity contribution in [2.75, 3.05) is 13.1 Å².